The number of carbonyl (C=O) groups excluding carboxylic acids is 2. The monoisotopic (exact) mass is 361 g/mol. The Hall–Kier alpha value is -1.15. The number of methoxy groups -OCH3 is 1. The molecule has 0 radical (unpaired) electrons. The van der Waals surface area contributed by atoms with Gasteiger partial charge in [-0.1, -0.05) is 0 Å². The van der Waals surface area contributed by atoms with Crippen molar-refractivity contribution in [2.24, 2.45) is 5.92 Å². The van der Waals surface area contributed by atoms with Crippen LogP contribution in [0.4, 0.5) is 5.69 Å². The highest BCUT2D eigenvalue weighted by atomic mass is 35.5. The maximum absolute atomic E-state index is 12.2. The van der Waals surface area contributed by atoms with Crippen LogP contribution in [0.2, 0.25) is 0 Å². The number of hydrogen-bond acceptors (Lipinski definition) is 6. The Bertz CT molecular complexity index is 522. The van der Waals surface area contributed by atoms with Gasteiger partial charge in [0.1, 0.15) is 4.88 Å². The zero-order valence-corrected chi connectivity index (χ0v) is 15.1. The predicted molar refractivity (Wildman–Crippen MR) is 94.6 cm³/mol. The smallest absolute Gasteiger partial charge is 0.350 e. The summed E-state index contributed by atoms with van der Waals surface area (Å²) in [7, 11) is 3.29. The second kappa shape index (κ2) is 9.87. The van der Waals surface area contributed by atoms with Gasteiger partial charge in [-0.25, -0.2) is 4.79 Å². The maximum atomic E-state index is 12.2. The molecule has 1 fully saturated rings. The van der Waals surface area contributed by atoms with E-state index in [0.717, 1.165) is 26.1 Å². The highest BCUT2D eigenvalue weighted by molar-refractivity contribution is 7.12. The van der Waals surface area contributed by atoms with Crippen LogP contribution in [-0.4, -0.2) is 57.1 Å². The summed E-state index contributed by atoms with van der Waals surface area (Å²) in [5.41, 5.74) is 0.533. The van der Waals surface area contributed by atoms with Crippen LogP contribution in [0, 0.1) is 5.92 Å². The van der Waals surface area contributed by atoms with E-state index in [0.29, 0.717) is 23.0 Å². The van der Waals surface area contributed by atoms with Gasteiger partial charge in [-0.3, -0.25) is 9.69 Å². The van der Waals surface area contributed by atoms with Crippen molar-refractivity contribution in [1.29, 1.82) is 0 Å². The first kappa shape index (κ1) is 19.9. The normalized spacial score (nSPS) is 18.1. The fourth-order valence-electron chi connectivity index (χ4n) is 2.80. The van der Waals surface area contributed by atoms with E-state index in [1.165, 1.54) is 24.9 Å². The van der Waals surface area contributed by atoms with Crippen LogP contribution in [0.1, 0.15) is 22.5 Å². The molecule has 1 aromatic rings. The minimum absolute atomic E-state index is 0. The third kappa shape index (κ3) is 5.76. The topological polar surface area (TPSA) is 70.7 Å². The number of amides is 1. The molecule has 2 heterocycles. The summed E-state index contributed by atoms with van der Waals surface area (Å²) >= 11 is 1.27. The van der Waals surface area contributed by atoms with Crippen molar-refractivity contribution in [2.75, 3.05) is 45.7 Å². The maximum Gasteiger partial charge on any atom is 0.350 e. The average Bonchev–Trinajstić information content (AvgIpc) is 2.95. The molecule has 1 unspecified atom stereocenters. The summed E-state index contributed by atoms with van der Waals surface area (Å²) < 4.78 is 4.71. The van der Waals surface area contributed by atoms with E-state index in [9.17, 15) is 9.59 Å². The number of hydrogen-bond donors (Lipinski definition) is 2. The number of thiophene rings is 1. The second-order valence-corrected chi connectivity index (χ2v) is 6.42. The van der Waals surface area contributed by atoms with E-state index in [2.05, 4.69) is 15.5 Å². The van der Waals surface area contributed by atoms with Gasteiger partial charge < -0.3 is 15.4 Å². The van der Waals surface area contributed by atoms with E-state index in [-0.39, 0.29) is 18.3 Å². The van der Waals surface area contributed by atoms with Gasteiger partial charge in [-0.15, -0.1) is 23.7 Å². The molecule has 23 heavy (non-hydrogen) atoms. The highest BCUT2D eigenvalue weighted by Crippen LogP contribution is 2.23. The summed E-state index contributed by atoms with van der Waals surface area (Å²) in [5, 5.41) is 7.78. The molecular weight excluding hydrogens is 338 g/mol. The molecule has 2 rings (SSSR count). The molecule has 1 aromatic heterocycles. The van der Waals surface area contributed by atoms with Crippen molar-refractivity contribution in [3.63, 3.8) is 0 Å². The lowest BCUT2D eigenvalue weighted by atomic mass is 9.98. The van der Waals surface area contributed by atoms with Crippen LogP contribution >= 0.6 is 23.7 Å². The van der Waals surface area contributed by atoms with E-state index in [4.69, 9.17) is 4.74 Å². The fourth-order valence-corrected chi connectivity index (χ4v) is 3.57. The number of piperidine rings is 1. The van der Waals surface area contributed by atoms with E-state index >= 15 is 0 Å². The first-order valence-corrected chi connectivity index (χ1v) is 8.34. The molecule has 2 N–H and O–H groups in total. The number of ether oxygens (including phenoxy) is 1. The van der Waals surface area contributed by atoms with E-state index in [1.54, 1.807) is 11.4 Å². The molecule has 1 aliphatic rings. The fraction of sp³-hybridized carbons (Fsp3) is 0.600. The first-order chi connectivity index (χ1) is 10.6. The van der Waals surface area contributed by atoms with Crippen LogP contribution in [0.25, 0.3) is 0 Å². The van der Waals surface area contributed by atoms with Crippen molar-refractivity contribution in [1.82, 2.24) is 10.2 Å². The minimum atomic E-state index is -0.419. The lowest BCUT2D eigenvalue weighted by Gasteiger charge is -2.32. The number of carbonyl (C=O) groups is 2. The minimum Gasteiger partial charge on any atom is -0.465 e. The Labute approximate surface area is 147 Å². The van der Waals surface area contributed by atoms with Gasteiger partial charge in [0.2, 0.25) is 5.91 Å². The third-order valence-electron chi connectivity index (χ3n) is 3.77. The summed E-state index contributed by atoms with van der Waals surface area (Å²) in [6, 6.07) is 1.73. The number of rotatable bonds is 6. The summed E-state index contributed by atoms with van der Waals surface area (Å²) in [6.45, 7) is 3.22. The van der Waals surface area contributed by atoms with E-state index in [1.807, 2.05) is 7.05 Å². The van der Waals surface area contributed by atoms with Crippen molar-refractivity contribution in [3.05, 3.63) is 16.3 Å². The molecule has 8 heteroatoms. The Morgan fingerprint density at radius 1 is 1.48 bits per heavy atom. The molecule has 1 atom stereocenters. The molecule has 1 saturated heterocycles. The molecule has 1 amide bonds. The number of nitrogens with zero attached hydrogens (tertiary/aromatic N) is 1. The van der Waals surface area contributed by atoms with Crippen molar-refractivity contribution >= 4 is 41.3 Å². The van der Waals surface area contributed by atoms with Gasteiger partial charge in [0.05, 0.1) is 19.3 Å². The van der Waals surface area contributed by atoms with Crippen LogP contribution in [0.3, 0.4) is 0 Å². The zero-order chi connectivity index (χ0) is 15.9. The highest BCUT2D eigenvalue weighted by Gasteiger charge is 2.22. The van der Waals surface area contributed by atoms with Gasteiger partial charge in [0.25, 0.3) is 0 Å². The van der Waals surface area contributed by atoms with Gasteiger partial charge >= 0.3 is 5.97 Å². The van der Waals surface area contributed by atoms with E-state index < -0.39 is 5.97 Å². The van der Waals surface area contributed by atoms with Gasteiger partial charge in [0, 0.05) is 6.54 Å². The molecular formula is C15H24ClN3O3S. The van der Waals surface area contributed by atoms with Crippen molar-refractivity contribution < 1.29 is 14.3 Å². The number of anilines is 1. The molecule has 0 aliphatic carbocycles. The largest absolute Gasteiger partial charge is 0.465 e. The second-order valence-electron chi connectivity index (χ2n) is 5.50. The Morgan fingerprint density at radius 2 is 2.26 bits per heavy atom. The lowest BCUT2D eigenvalue weighted by Crippen LogP contribution is -2.42. The summed E-state index contributed by atoms with van der Waals surface area (Å²) in [4.78, 5) is 26.4. The number of esters is 1. The Kier molecular flexibility index (Phi) is 8.54. The van der Waals surface area contributed by atoms with Crippen LogP contribution < -0.4 is 10.6 Å². The van der Waals surface area contributed by atoms with Crippen LogP contribution in [0.5, 0.6) is 0 Å². The zero-order valence-electron chi connectivity index (χ0n) is 13.5. The first-order valence-electron chi connectivity index (χ1n) is 7.46. The average molecular weight is 362 g/mol. The van der Waals surface area contributed by atoms with Gasteiger partial charge in [-0.05, 0) is 50.3 Å². The molecule has 0 aromatic carbocycles. The Balaban J connectivity index is 0.00000264. The van der Waals surface area contributed by atoms with Crippen molar-refractivity contribution in [3.8, 4) is 0 Å². The molecule has 0 saturated carbocycles. The summed E-state index contributed by atoms with van der Waals surface area (Å²) in [5.74, 6) is 0.0874. The molecule has 0 spiro atoms. The number of halogens is 1. The van der Waals surface area contributed by atoms with Crippen molar-refractivity contribution in [2.45, 2.75) is 12.8 Å². The molecule has 130 valence electrons. The Morgan fingerprint density at radius 3 is 2.96 bits per heavy atom. The standard InChI is InChI=1S/C15H23N3O3S.ClH/c1-16-8-11-4-3-6-18(9-11)10-13(19)17-12-5-7-22-14(12)15(20)21-2;/h5,7,11,16H,3-4,6,8-10H2,1-2H3,(H,17,19);1H. The quantitative estimate of drug-likeness (QED) is 0.756. The molecule has 0 bridgehead atoms. The van der Waals surface area contributed by atoms with Gasteiger partial charge in [-0.2, -0.15) is 0 Å². The predicted octanol–water partition coefficient (Wildman–Crippen LogP) is 1.83. The van der Waals surface area contributed by atoms with Gasteiger partial charge in [0.15, 0.2) is 0 Å². The molecule has 6 nitrogen and oxygen atoms in total. The SMILES string of the molecule is CNCC1CCCN(CC(=O)Nc2ccsc2C(=O)OC)C1.Cl. The van der Waals surface area contributed by atoms with Crippen LogP contribution in [0.15, 0.2) is 11.4 Å². The number of likely N-dealkylation sites (tertiary alicyclic amines) is 1. The number of nitrogens with one attached hydrogen (secondary N) is 2. The third-order valence-corrected chi connectivity index (χ3v) is 4.67. The summed E-state index contributed by atoms with van der Waals surface area (Å²) in [6.07, 6.45) is 2.32. The molecule has 1 aliphatic heterocycles. The lowest BCUT2D eigenvalue weighted by molar-refractivity contribution is -0.117. The van der Waals surface area contributed by atoms with Crippen LogP contribution in [-0.2, 0) is 9.53 Å².